The van der Waals surface area contributed by atoms with Crippen LogP contribution in [0.15, 0.2) is 48.5 Å². The van der Waals surface area contributed by atoms with E-state index in [1.807, 2.05) is 6.07 Å². The Morgan fingerprint density at radius 3 is 2.26 bits per heavy atom. The van der Waals surface area contributed by atoms with E-state index in [4.69, 9.17) is 14.2 Å². The number of carbonyl (C=O) groups is 1. The SMILES string of the molecule is COc1cc(NC(=O)CN2CCN(Cc3ccc(-c4cccc(F)c4)s3)CC2)cc(OC)c1OC. The minimum absolute atomic E-state index is 0.0919. The predicted octanol–water partition coefficient (Wildman–Crippen LogP) is 4.34. The molecular formula is C26H30FN3O4S. The average Bonchev–Trinajstić information content (AvgIpc) is 3.33. The number of benzene rings is 2. The molecule has 1 N–H and O–H groups in total. The van der Waals surface area contributed by atoms with Gasteiger partial charge in [-0.05, 0) is 29.8 Å². The normalized spacial score (nSPS) is 14.5. The molecule has 35 heavy (non-hydrogen) atoms. The number of methoxy groups -OCH3 is 3. The van der Waals surface area contributed by atoms with Gasteiger partial charge >= 0.3 is 0 Å². The van der Waals surface area contributed by atoms with Crippen molar-refractivity contribution in [2.45, 2.75) is 6.54 Å². The Kier molecular flexibility index (Phi) is 8.22. The van der Waals surface area contributed by atoms with Crippen LogP contribution in [0.1, 0.15) is 4.88 Å². The number of amides is 1. The summed E-state index contributed by atoms with van der Waals surface area (Å²) in [5.41, 5.74) is 1.50. The van der Waals surface area contributed by atoms with Crippen molar-refractivity contribution in [3.8, 4) is 27.7 Å². The van der Waals surface area contributed by atoms with Gasteiger partial charge in [0.15, 0.2) is 11.5 Å². The molecule has 1 aliphatic heterocycles. The van der Waals surface area contributed by atoms with Crippen LogP contribution in [-0.4, -0.2) is 69.8 Å². The third kappa shape index (κ3) is 6.30. The molecule has 1 saturated heterocycles. The van der Waals surface area contributed by atoms with E-state index in [9.17, 15) is 9.18 Å². The number of nitrogens with one attached hydrogen (secondary N) is 1. The molecule has 4 rings (SSSR count). The van der Waals surface area contributed by atoms with Crippen LogP contribution < -0.4 is 19.5 Å². The quantitative estimate of drug-likeness (QED) is 0.473. The first-order chi connectivity index (χ1) is 17.0. The summed E-state index contributed by atoms with van der Waals surface area (Å²) < 4.78 is 29.6. The number of anilines is 1. The number of ether oxygens (including phenoxy) is 3. The second-order valence-electron chi connectivity index (χ2n) is 8.29. The second-order valence-corrected chi connectivity index (χ2v) is 9.46. The Morgan fingerprint density at radius 2 is 1.63 bits per heavy atom. The van der Waals surface area contributed by atoms with Crippen molar-refractivity contribution >= 4 is 22.9 Å². The minimum Gasteiger partial charge on any atom is -0.493 e. The lowest BCUT2D eigenvalue weighted by Gasteiger charge is -2.34. The van der Waals surface area contributed by atoms with E-state index in [1.165, 1.54) is 10.9 Å². The standard InChI is InChI=1S/C26H30FN3O4S/c1-32-22-14-20(15-23(33-2)26(22)34-3)28-25(31)17-30-11-9-29(10-12-30)16-21-7-8-24(35-21)18-5-4-6-19(27)13-18/h4-8,13-15H,9-12,16-17H2,1-3H3,(H,28,31). The maximum atomic E-state index is 13.5. The molecule has 9 heteroatoms. The molecule has 2 aromatic carbocycles. The van der Waals surface area contributed by atoms with Gasteiger partial charge in [-0.1, -0.05) is 12.1 Å². The highest BCUT2D eigenvalue weighted by Gasteiger charge is 2.21. The van der Waals surface area contributed by atoms with Crippen LogP contribution in [0.4, 0.5) is 10.1 Å². The minimum atomic E-state index is -0.220. The van der Waals surface area contributed by atoms with Crippen molar-refractivity contribution in [2.75, 3.05) is 59.4 Å². The summed E-state index contributed by atoms with van der Waals surface area (Å²) in [5.74, 6) is 1.15. The lowest BCUT2D eigenvalue weighted by Crippen LogP contribution is -2.48. The smallest absolute Gasteiger partial charge is 0.238 e. The highest BCUT2D eigenvalue weighted by molar-refractivity contribution is 7.15. The summed E-state index contributed by atoms with van der Waals surface area (Å²) in [6.07, 6.45) is 0. The molecule has 0 aliphatic carbocycles. The number of hydrogen-bond acceptors (Lipinski definition) is 7. The first kappa shape index (κ1) is 25.0. The molecule has 1 aliphatic rings. The molecule has 0 spiro atoms. The van der Waals surface area contributed by atoms with Gasteiger partial charge in [0.1, 0.15) is 5.82 Å². The lowest BCUT2D eigenvalue weighted by molar-refractivity contribution is -0.117. The molecule has 1 fully saturated rings. The zero-order chi connectivity index (χ0) is 24.8. The summed E-state index contributed by atoms with van der Waals surface area (Å²) in [6, 6.07) is 14.3. The van der Waals surface area contributed by atoms with Gasteiger partial charge in [0, 0.05) is 60.3 Å². The van der Waals surface area contributed by atoms with Gasteiger partial charge in [0.25, 0.3) is 0 Å². The zero-order valence-corrected chi connectivity index (χ0v) is 21.0. The van der Waals surface area contributed by atoms with E-state index in [1.54, 1.807) is 56.9 Å². The third-order valence-corrected chi connectivity index (χ3v) is 7.05. The Balaban J connectivity index is 1.27. The molecular weight excluding hydrogens is 469 g/mol. The summed E-state index contributed by atoms with van der Waals surface area (Å²) in [6.45, 7) is 4.55. The molecule has 3 aromatic rings. The predicted molar refractivity (Wildman–Crippen MR) is 136 cm³/mol. The molecule has 0 unspecified atom stereocenters. The van der Waals surface area contributed by atoms with E-state index >= 15 is 0 Å². The van der Waals surface area contributed by atoms with Crippen molar-refractivity contribution < 1.29 is 23.4 Å². The van der Waals surface area contributed by atoms with Gasteiger partial charge < -0.3 is 19.5 Å². The summed E-state index contributed by atoms with van der Waals surface area (Å²) in [5, 5.41) is 2.93. The van der Waals surface area contributed by atoms with Crippen LogP contribution in [0.2, 0.25) is 0 Å². The van der Waals surface area contributed by atoms with Gasteiger partial charge in [-0.25, -0.2) is 4.39 Å². The van der Waals surface area contributed by atoms with Crippen LogP contribution in [0.5, 0.6) is 17.2 Å². The van der Waals surface area contributed by atoms with E-state index in [0.29, 0.717) is 29.5 Å². The molecule has 1 aromatic heterocycles. The number of rotatable bonds is 9. The van der Waals surface area contributed by atoms with Gasteiger partial charge in [0.2, 0.25) is 11.7 Å². The number of carbonyl (C=O) groups excluding carboxylic acids is 1. The Bertz CT molecular complexity index is 1140. The molecule has 1 amide bonds. The molecule has 0 saturated carbocycles. The van der Waals surface area contributed by atoms with Crippen LogP contribution >= 0.6 is 11.3 Å². The number of nitrogens with zero attached hydrogens (tertiary/aromatic N) is 2. The molecule has 2 heterocycles. The van der Waals surface area contributed by atoms with Crippen molar-refractivity contribution in [3.05, 3.63) is 59.2 Å². The van der Waals surface area contributed by atoms with Crippen LogP contribution in [-0.2, 0) is 11.3 Å². The van der Waals surface area contributed by atoms with Crippen molar-refractivity contribution in [2.24, 2.45) is 0 Å². The Hall–Kier alpha value is -3.14. The van der Waals surface area contributed by atoms with Gasteiger partial charge in [0.05, 0.1) is 27.9 Å². The highest BCUT2D eigenvalue weighted by Crippen LogP contribution is 2.40. The van der Waals surface area contributed by atoms with Gasteiger partial charge in [-0.15, -0.1) is 11.3 Å². The van der Waals surface area contributed by atoms with Gasteiger partial charge in [-0.2, -0.15) is 0 Å². The third-order valence-electron chi connectivity index (χ3n) is 5.93. The van der Waals surface area contributed by atoms with E-state index < -0.39 is 0 Å². The summed E-state index contributed by atoms with van der Waals surface area (Å²) in [7, 11) is 4.63. The Morgan fingerprint density at radius 1 is 0.943 bits per heavy atom. The molecule has 186 valence electrons. The topological polar surface area (TPSA) is 63.3 Å². The largest absolute Gasteiger partial charge is 0.493 e. The highest BCUT2D eigenvalue weighted by atomic mass is 32.1. The van der Waals surface area contributed by atoms with Crippen molar-refractivity contribution in [1.29, 1.82) is 0 Å². The molecule has 0 radical (unpaired) electrons. The van der Waals surface area contributed by atoms with Crippen LogP contribution in [0.3, 0.4) is 0 Å². The number of thiophene rings is 1. The van der Waals surface area contributed by atoms with E-state index in [2.05, 4.69) is 27.2 Å². The van der Waals surface area contributed by atoms with Crippen molar-refractivity contribution in [3.63, 3.8) is 0 Å². The fourth-order valence-electron chi connectivity index (χ4n) is 4.14. The zero-order valence-electron chi connectivity index (χ0n) is 20.2. The van der Waals surface area contributed by atoms with Crippen LogP contribution in [0.25, 0.3) is 10.4 Å². The summed E-state index contributed by atoms with van der Waals surface area (Å²) >= 11 is 1.69. The maximum Gasteiger partial charge on any atom is 0.238 e. The molecule has 0 bridgehead atoms. The second kappa shape index (κ2) is 11.5. The lowest BCUT2D eigenvalue weighted by atomic mass is 10.2. The first-order valence-corrected chi connectivity index (χ1v) is 12.2. The fraction of sp³-hybridized carbons (Fsp3) is 0.346. The number of piperazine rings is 1. The van der Waals surface area contributed by atoms with Gasteiger partial charge in [-0.3, -0.25) is 14.6 Å². The monoisotopic (exact) mass is 499 g/mol. The summed E-state index contributed by atoms with van der Waals surface area (Å²) in [4.78, 5) is 19.5. The average molecular weight is 500 g/mol. The first-order valence-electron chi connectivity index (χ1n) is 11.4. The maximum absolute atomic E-state index is 13.5. The Labute approximate surface area is 209 Å². The number of hydrogen-bond donors (Lipinski definition) is 1. The number of halogens is 1. The van der Waals surface area contributed by atoms with Crippen molar-refractivity contribution in [1.82, 2.24) is 9.80 Å². The molecule has 0 atom stereocenters. The van der Waals surface area contributed by atoms with E-state index in [-0.39, 0.29) is 11.7 Å². The van der Waals surface area contributed by atoms with E-state index in [0.717, 1.165) is 43.2 Å². The van der Waals surface area contributed by atoms with Crippen LogP contribution in [0, 0.1) is 5.82 Å². The fourth-order valence-corrected chi connectivity index (χ4v) is 5.19. The molecule has 7 nitrogen and oxygen atoms in total.